The lowest BCUT2D eigenvalue weighted by molar-refractivity contribution is -0.132. The molecule has 4 N–H and O–H groups in total. The zero-order chi connectivity index (χ0) is 103. The number of aromatic carboxylic acids is 1. The second-order valence-corrected chi connectivity index (χ2v) is 40.5. The number of carbonyl (C=O) groups excluding carboxylic acids is 5. The largest absolute Gasteiger partial charge is 0.478 e. The summed E-state index contributed by atoms with van der Waals surface area (Å²) in [5.74, 6) is -6.79. The molecule has 28 heteroatoms. The fraction of sp³-hybridized carbons (Fsp3) is 0.404. The zero-order valence-electron chi connectivity index (χ0n) is 81.8. The van der Waals surface area contributed by atoms with E-state index in [1.807, 2.05) is 26.8 Å². The van der Waals surface area contributed by atoms with Gasteiger partial charge in [-0.25, -0.2) is 22.4 Å². The summed E-state index contributed by atoms with van der Waals surface area (Å²) in [6.07, 6.45) is 7.61. The summed E-state index contributed by atoms with van der Waals surface area (Å²) in [5, 5.41) is 47.4. The number of carboxylic acid groups (broad SMARTS) is 1. The smallest absolute Gasteiger partial charge is 0.336 e. The van der Waals surface area contributed by atoms with E-state index >= 15 is 13.2 Å². The number of halogens is 10. The molecule has 4 fully saturated rings. The van der Waals surface area contributed by atoms with Gasteiger partial charge in [0.25, 0.3) is 11.8 Å². The van der Waals surface area contributed by atoms with Crippen LogP contribution in [0.1, 0.15) is 271 Å². The molecule has 4 saturated heterocycles. The number of rotatable bonds is 29. The fourth-order valence-corrected chi connectivity index (χ4v) is 22.6. The van der Waals surface area contributed by atoms with Crippen LogP contribution in [0.4, 0.5) is 17.6 Å². The van der Waals surface area contributed by atoms with Gasteiger partial charge in [0, 0.05) is 131 Å². The number of nitrogens with zero attached hydrogens (tertiary/aromatic N) is 2. The Balaban J connectivity index is 0.000000162. The Morgan fingerprint density at radius 2 is 0.725 bits per heavy atom. The quantitative estimate of drug-likeness (QED) is 0.0251. The van der Waals surface area contributed by atoms with Crippen LogP contribution < -0.4 is 0 Å². The molecule has 4 unspecified atom stereocenters. The second kappa shape index (κ2) is 46.5. The summed E-state index contributed by atoms with van der Waals surface area (Å²) >= 11 is 36.7. The molecule has 6 aliphatic heterocycles. The number of fused-ring (bicyclic) bond motifs is 2. The van der Waals surface area contributed by atoms with Gasteiger partial charge in [0.1, 0.15) is 34.8 Å². The van der Waals surface area contributed by atoms with E-state index in [2.05, 4.69) is 20.4 Å². The topological polar surface area (TPSA) is 245 Å². The monoisotopic (exact) mass is 2060 g/mol. The highest BCUT2D eigenvalue weighted by molar-refractivity contribution is 6.32. The highest BCUT2D eigenvalue weighted by Crippen LogP contribution is 2.57. The van der Waals surface area contributed by atoms with Crippen LogP contribution in [0.15, 0.2) is 201 Å². The van der Waals surface area contributed by atoms with E-state index in [9.17, 15) is 53.6 Å². The number of aliphatic hydroxyl groups is 3. The summed E-state index contributed by atoms with van der Waals surface area (Å²) < 4.78 is 98.3. The van der Waals surface area contributed by atoms with Crippen LogP contribution in [0.25, 0.3) is 5.57 Å². The first-order chi connectivity index (χ1) is 67.6. The SMILES string of the molecule is C=C(c1ccc(Cl)cc1)c1c(F)cc(C(O)(CC)C2CCOCC2)cc1C(=O)O.CCC(O)(c1cc(C)c(C(=O)c2ccc(Cl)cc2)c(F)c1)C1CCOCC1.CC[C@@](C)(c1cc(F)c2c(c1)C(=O)N([C@H](c1ccc(Cl)cc1)[C@H](C)C(C)=O)C2(OC)c1ccc(Cl)cc1)C1CCOCC1.CC[C@@](O)(c1cc(F)c2c(c1)C(=O)N([C@H](c1ccc(Cl)cc1)[C@H](C)C(C)=O)C2(OC)c1ccc(Cl)cc1)C1CCOCC1. The number of carbonyl (C=O) groups is 6. The molecule has 10 aromatic carbocycles. The van der Waals surface area contributed by atoms with Crippen molar-refractivity contribution in [1.82, 2.24) is 9.80 Å². The van der Waals surface area contributed by atoms with Crippen molar-refractivity contribution in [1.29, 1.82) is 0 Å². The number of ether oxygens (including phenoxy) is 6. The first-order valence-corrected chi connectivity index (χ1v) is 50.5. The Hall–Kier alpha value is -9.54. The van der Waals surface area contributed by atoms with Crippen molar-refractivity contribution in [2.24, 2.45) is 35.5 Å². The van der Waals surface area contributed by atoms with Gasteiger partial charge in [0.15, 0.2) is 17.2 Å². The average molecular weight is 2060 g/mol. The van der Waals surface area contributed by atoms with Crippen LogP contribution in [0, 0.1) is 65.7 Å². The van der Waals surface area contributed by atoms with Crippen LogP contribution in [0.3, 0.4) is 0 Å². The second-order valence-electron chi connectivity index (χ2n) is 37.9. The van der Waals surface area contributed by atoms with Gasteiger partial charge in [-0.3, -0.25) is 33.8 Å². The van der Waals surface area contributed by atoms with Crippen LogP contribution in [0.2, 0.25) is 30.1 Å². The molecule has 0 radical (unpaired) electrons. The first-order valence-electron chi connectivity index (χ1n) is 48.2. The number of aryl methyl sites for hydroxylation is 1. The van der Waals surface area contributed by atoms with Gasteiger partial charge in [0.05, 0.1) is 62.3 Å². The van der Waals surface area contributed by atoms with Crippen molar-refractivity contribution in [3.8, 4) is 0 Å². The van der Waals surface area contributed by atoms with Gasteiger partial charge in [-0.15, -0.1) is 0 Å². The highest BCUT2D eigenvalue weighted by Gasteiger charge is 2.61. The van der Waals surface area contributed by atoms with Gasteiger partial charge < -0.3 is 48.8 Å². The van der Waals surface area contributed by atoms with Crippen LogP contribution in [-0.4, -0.2) is 132 Å². The molecule has 10 atom stereocenters. The normalized spacial score (nSPS) is 20.0. The summed E-state index contributed by atoms with van der Waals surface area (Å²) in [6.45, 7) is 26.5. The number of ketones is 3. The molecular formula is C114H122Cl6F4N2O16. The van der Waals surface area contributed by atoms with Crippen LogP contribution >= 0.6 is 69.6 Å². The van der Waals surface area contributed by atoms with Gasteiger partial charge in [-0.2, -0.15) is 0 Å². The Morgan fingerprint density at radius 3 is 1.05 bits per heavy atom. The van der Waals surface area contributed by atoms with Crippen molar-refractivity contribution in [3.63, 3.8) is 0 Å². The zero-order valence-corrected chi connectivity index (χ0v) is 86.3. The van der Waals surface area contributed by atoms with Crippen LogP contribution in [0.5, 0.6) is 0 Å². The number of hydrogen-bond acceptors (Lipinski definition) is 15. The third kappa shape index (κ3) is 21.8. The number of amides is 2. The Labute approximate surface area is 858 Å². The van der Waals surface area contributed by atoms with Gasteiger partial charge in [0.2, 0.25) is 0 Å². The van der Waals surface area contributed by atoms with Crippen molar-refractivity contribution in [3.05, 3.63) is 354 Å². The number of methoxy groups -OCH3 is 2. The van der Waals surface area contributed by atoms with E-state index in [-0.39, 0.29) is 96.5 Å². The Morgan fingerprint density at radius 1 is 0.430 bits per heavy atom. The summed E-state index contributed by atoms with van der Waals surface area (Å²) in [6, 6.07) is 50.8. The number of carboxylic acids is 1. The fourth-order valence-electron chi connectivity index (χ4n) is 21.8. The predicted octanol–water partition coefficient (Wildman–Crippen LogP) is 26.2. The Kier molecular flexibility index (Phi) is 35.9. The van der Waals surface area contributed by atoms with Crippen molar-refractivity contribution in [2.75, 3.05) is 67.1 Å². The summed E-state index contributed by atoms with van der Waals surface area (Å²) in [5.41, 5.74) is -1.52. The third-order valence-electron chi connectivity index (χ3n) is 30.5. The van der Waals surface area contributed by atoms with Crippen LogP contribution in [-0.2, 0) is 71.7 Å². The highest BCUT2D eigenvalue weighted by atomic mass is 35.5. The van der Waals surface area contributed by atoms with E-state index in [1.54, 1.807) is 189 Å². The molecule has 6 heterocycles. The molecular weight excluding hydrogens is 1940 g/mol. The standard InChI is InChI=1S/C35H38Cl2FNO4.C34H36Cl2FNO5.C23H24ClFO4.C22H24ClFO3/c1-6-34(4,24-15-17-43-18-16-24)26-19-29-31(30(38)20-26)35(42-5,25-9-13-28(37)14-10-25)39(33(29)41)32(21(2)22(3)40)23-7-11-27(36)12-8-23;1-5-33(41,23-14-16-43-17-15-23)25-18-28-30(29(37)19-25)34(42-4,24-8-12-27(36)13-9-24)38(32(28)40)31(20(2)21(3)39)22-6-10-26(35)11-7-22;1-3-23(28,16-8-10-29-11-9-16)17-12-19(22(26)27)21(20(25)13-17)14(2)15-4-6-18(24)7-5-15;1-3-22(26,16-8-10-27-11-9-16)17-12-14(2)20(19(24)13-17)21(25)15-4-6-18(23)7-5-15/h7-14,19-21,24,32H,6,15-18H2,1-5H3;6-13,18-20,23,31,41H,5,14-17H2,1-4H3;4-7,12-13,16,28H,2-3,8-11H2,1H3,(H,26,27);4-7,12-13,16,26H,3,8-11H2,1-2H3/t21-,32+,34-,35?;20-,31+,33+,34?;;/m11../s1. The minimum atomic E-state index is -1.75. The average Bonchev–Trinajstić information content (AvgIpc) is 1.54. The van der Waals surface area contributed by atoms with Gasteiger partial charge in [-0.05, 0) is 304 Å². The van der Waals surface area contributed by atoms with E-state index in [0.717, 1.165) is 37.7 Å². The molecule has 16 rings (SSSR count). The lowest BCUT2D eigenvalue weighted by atomic mass is 9.66. The maximum absolute atomic E-state index is 16.9. The molecule has 6 aliphatic rings. The molecule has 0 saturated carbocycles. The maximum atomic E-state index is 16.9. The molecule has 0 spiro atoms. The Bertz CT molecular complexity index is 5990. The third-order valence-corrected chi connectivity index (χ3v) is 32.0. The molecule has 0 bridgehead atoms. The summed E-state index contributed by atoms with van der Waals surface area (Å²) in [7, 11) is 2.88. The number of hydrogen-bond donors (Lipinski definition) is 4. The maximum Gasteiger partial charge on any atom is 0.336 e. The molecule has 10 aromatic rings. The molecule has 0 aliphatic carbocycles. The lowest BCUT2D eigenvalue weighted by Crippen LogP contribution is -2.50. The van der Waals surface area contributed by atoms with Crippen molar-refractivity contribution < 1.29 is 95.2 Å². The van der Waals surface area contributed by atoms with Crippen molar-refractivity contribution in [2.45, 2.75) is 192 Å². The number of benzene rings is 10. The van der Waals surface area contributed by atoms with Gasteiger partial charge >= 0.3 is 5.97 Å². The molecule has 0 aromatic heterocycles. The van der Waals surface area contributed by atoms with E-state index < -0.39 is 93.2 Å². The lowest BCUT2D eigenvalue weighted by Gasteiger charge is -2.44. The van der Waals surface area contributed by atoms with E-state index in [4.69, 9.17) is 98.0 Å². The van der Waals surface area contributed by atoms with Gasteiger partial charge in [-0.1, -0.05) is 191 Å². The number of Topliss-reactive ketones (excluding diaryl/α,β-unsaturated/α-hetero) is 2. The summed E-state index contributed by atoms with van der Waals surface area (Å²) in [4.78, 5) is 83.3. The van der Waals surface area contributed by atoms with E-state index in [0.29, 0.717) is 178 Å². The molecule has 754 valence electrons. The van der Waals surface area contributed by atoms with Crippen molar-refractivity contribution >= 4 is 110 Å². The minimum Gasteiger partial charge on any atom is -0.478 e. The molecule has 2 amide bonds. The first kappa shape index (κ1) is 110. The molecule has 18 nitrogen and oxygen atoms in total. The minimum absolute atomic E-state index is 0.00728. The predicted molar refractivity (Wildman–Crippen MR) is 545 cm³/mol. The molecule has 142 heavy (non-hydrogen) atoms. The van der Waals surface area contributed by atoms with E-state index in [1.165, 1.54) is 57.2 Å².